The van der Waals surface area contributed by atoms with Crippen LogP contribution in [-0.4, -0.2) is 34.9 Å². The Balaban J connectivity index is 2.34. The number of nitrogens with zero attached hydrogens (tertiary/aromatic N) is 1. The molecule has 0 unspecified atom stereocenters. The minimum Gasteiger partial charge on any atom is -0.479 e. The molecule has 2 aromatic rings. The fourth-order valence-electron chi connectivity index (χ4n) is 2.55. The van der Waals surface area contributed by atoms with Crippen LogP contribution in [-0.2, 0) is 9.53 Å². The standard InChI is InChI=1S/C21H26N2O4/c1-20(2,3)27-19(26)22-21(4,18(24)25)15-23(16-11-7-5-8-12-16)17-13-9-6-10-14-17/h5-14H,15H2,1-4H3,(H,22,26)(H,24,25)/t21-/m0/s1. The average Bonchev–Trinajstić information content (AvgIpc) is 2.59. The normalized spacial score (nSPS) is 13.3. The molecule has 0 aromatic heterocycles. The zero-order chi connectivity index (χ0) is 20.1. The molecule has 0 aliphatic heterocycles. The number of carbonyl (C=O) groups excluding carboxylic acids is 1. The summed E-state index contributed by atoms with van der Waals surface area (Å²) in [7, 11) is 0. The number of aliphatic carboxylic acids is 1. The van der Waals surface area contributed by atoms with Crippen molar-refractivity contribution >= 4 is 23.4 Å². The van der Waals surface area contributed by atoms with Crippen molar-refractivity contribution in [2.24, 2.45) is 0 Å². The number of anilines is 2. The van der Waals surface area contributed by atoms with Gasteiger partial charge < -0.3 is 20.1 Å². The molecule has 0 radical (unpaired) electrons. The summed E-state index contributed by atoms with van der Waals surface area (Å²) in [6.45, 7) is 6.68. The van der Waals surface area contributed by atoms with Crippen LogP contribution in [0.1, 0.15) is 27.7 Å². The van der Waals surface area contributed by atoms with Crippen molar-refractivity contribution in [3.63, 3.8) is 0 Å². The van der Waals surface area contributed by atoms with Gasteiger partial charge in [-0.15, -0.1) is 0 Å². The maximum atomic E-state index is 12.2. The number of hydrogen-bond donors (Lipinski definition) is 2. The molecule has 0 saturated carbocycles. The Morgan fingerprint density at radius 2 is 1.37 bits per heavy atom. The molecule has 2 N–H and O–H groups in total. The average molecular weight is 370 g/mol. The number of alkyl carbamates (subject to hydrolysis) is 1. The molecule has 0 bridgehead atoms. The van der Waals surface area contributed by atoms with Crippen LogP contribution in [0.4, 0.5) is 16.2 Å². The van der Waals surface area contributed by atoms with Gasteiger partial charge in [0.1, 0.15) is 5.60 Å². The summed E-state index contributed by atoms with van der Waals surface area (Å²) < 4.78 is 5.24. The Labute approximate surface area is 159 Å². The monoisotopic (exact) mass is 370 g/mol. The van der Waals surface area contributed by atoms with E-state index in [9.17, 15) is 14.7 Å². The molecule has 0 aliphatic rings. The molecule has 0 saturated heterocycles. The van der Waals surface area contributed by atoms with Crippen LogP contribution in [0.25, 0.3) is 0 Å². The third-order valence-electron chi connectivity index (χ3n) is 3.86. The Bertz CT molecular complexity index is 732. The number of para-hydroxylation sites is 2. The van der Waals surface area contributed by atoms with Crippen LogP contribution >= 0.6 is 0 Å². The van der Waals surface area contributed by atoms with Gasteiger partial charge in [-0.3, -0.25) is 0 Å². The minimum atomic E-state index is -1.56. The SMILES string of the molecule is CC(C)(C)OC(=O)N[C@@](C)(CN(c1ccccc1)c1ccccc1)C(=O)O. The van der Waals surface area contributed by atoms with Gasteiger partial charge in [0.2, 0.25) is 0 Å². The maximum Gasteiger partial charge on any atom is 0.408 e. The first-order valence-electron chi connectivity index (χ1n) is 8.73. The van der Waals surface area contributed by atoms with Gasteiger partial charge >= 0.3 is 12.1 Å². The fraction of sp³-hybridized carbons (Fsp3) is 0.333. The molecule has 0 fully saturated rings. The quantitative estimate of drug-likeness (QED) is 0.797. The number of carboxylic acid groups (broad SMARTS) is 1. The van der Waals surface area contributed by atoms with E-state index in [4.69, 9.17) is 4.74 Å². The first-order chi connectivity index (χ1) is 12.6. The van der Waals surface area contributed by atoms with E-state index in [-0.39, 0.29) is 6.54 Å². The zero-order valence-corrected chi connectivity index (χ0v) is 16.1. The number of carbonyl (C=O) groups is 2. The van der Waals surface area contributed by atoms with Gasteiger partial charge in [-0.05, 0) is 52.0 Å². The van der Waals surface area contributed by atoms with Gasteiger partial charge in [0, 0.05) is 11.4 Å². The number of rotatable bonds is 6. The van der Waals surface area contributed by atoms with E-state index < -0.39 is 23.2 Å². The van der Waals surface area contributed by atoms with E-state index in [1.807, 2.05) is 65.6 Å². The molecule has 27 heavy (non-hydrogen) atoms. The summed E-state index contributed by atoms with van der Waals surface area (Å²) in [4.78, 5) is 26.1. The van der Waals surface area contributed by atoms with Gasteiger partial charge in [0.15, 0.2) is 5.54 Å². The Morgan fingerprint density at radius 3 is 1.74 bits per heavy atom. The highest BCUT2D eigenvalue weighted by Crippen LogP contribution is 2.27. The van der Waals surface area contributed by atoms with Crippen molar-refractivity contribution in [3.8, 4) is 0 Å². The molecule has 0 heterocycles. The summed E-state index contributed by atoms with van der Waals surface area (Å²) in [6, 6.07) is 18.9. The van der Waals surface area contributed by atoms with Crippen molar-refractivity contribution in [1.82, 2.24) is 5.32 Å². The summed E-state index contributed by atoms with van der Waals surface area (Å²) in [5.41, 5.74) is -0.639. The first-order valence-corrected chi connectivity index (χ1v) is 8.73. The molecule has 2 rings (SSSR count). The topological polar surface area (TPSA) is 78.9 Å². The molecule has 0 aliphatic carbocycles. The molecule has 144 valence electrons. The first kappa shape index (κ1) is 20.3. The zero-order valence-electron chi connectivity index (χ0n) is 16.1. The summed E-state index contributed by atoms with van der Waals surface area (Å²) in [6.07, 6.45) is -0.770. The maximum absolute atomic E-state index is 12.2. The molecule has 0 spiro atoms. The predicted octanol–water partition coefficient (Wildman–Crippen LogP) is 4.19. The van der Waals surface area contributed by atoms with Gasteiger partial charge in [-0.1, -0.05) is 36.4 Å². The molecule has 6 nitrogen and oxygen atoms in total. The lowest BCUT2D eigenvalue weighted by molar-refractivity contribution is -0.143. The Morgan fingerprint density at radius 1 is 0.926 bits per heavy atom. The summed E-state index contributed by atoms with van der Waals surface area (Å²) >= 11 is 0. The number of carboxylic acids is 1. The number of hydrogen-bond acceptors (Lipinski definition) is 4. The Kier molecular flexibility index (Phi) is 6.10. The number of benzene rings is 2. The Hall–Kier alpha value is -3.02. The fourth-order valence-corrected chi connectivity index (χ4v) is 2.55. The largest absolute Gasteiger partial charge is 0.479 e. The number of nitrogens with one attached hydrogen (secondary N) is 1. The van der Waals surface area contributed by atoms with E-state index in [1.165, 1.54) is 6.92 Å². The van der Waals surface area contributed by atoms with Crippen LogP contribution in [0.5, 0.6) is 0 Å². The van der Waals surface area contributed by atoms with E-state index in [2.05, 4.69) is 5.32 Å². The second kappa shape index (κ2) is 8.12. The van der Waals surface area contributed by atoms with Crippen LogP contribution < -0.4 is 10.2 Å². The van der Waals surface area contributed by atoms with Gasteiger partial charge in [0.25, 0.3) is 0 Å². The highest BCUT2D eigenvalue weighted by Gasteiger charge is 2.39. The molecule has 2 aromatic carbocycles. The van der Waals surface area contributed by atoms with Crippen molar-refractivity contribution in [3.05, 3.63) is 60.7 Å². The second-order valence-electron chi connectivity index (χ2n) is 7.52. The number of ether oxygens (including phenoxy) is 1. The minimum absolute atomic E-state index is 0.0234. The highest BCUT2D eigenvalue weighted by molar-refractivity contribution is 5.85. The van der Waals surface area contributed by atoms with Crippen LogP contribution in [0.2, 0.25) is 0 Å². The van der Waals surface area contributed by atoms with Crippen molar-refractivity contribution < 1.29 is 19.4 Å². The lowest BCUT2D eigenvalue weighted by Crippen LogP contribution is -2.59. The summed E-state index contributed by atoms with van der Waals surface area (Å²) in [5.74, 6) is -1.15. The predicted molar refractivity (Wildman–Crippen MR) is 105 cm³/mol. The van der Waals surface area contributed by atoms with Crippen molar-refractivity contribution in [1.29, 1.82) is 0 Å². The van der Waals surface area contributed by atoms with Crippen LogP contribution in [0.3, 0.4) is 0 Å². The molecular weight excluding hydrogens is 344 g/mol. The van der Waals surface area contributed by atoms with E-state index >= 15 is 0 Å². The smallest absolute Gasteiger partial charge is 0.408 e. The van der Waals surface area contributed by atoms with E-state index in [1.54, 1.807) is 20.8 Å². The van der Waals surface area contributed by atoms with Gasteiger partial charge in [-0.25, -0.2) is 9.59 Å². The molecule has 6 heteroatoms. The third-order valence-corrected chi connectivity index (χ3v) is 3.86. The van der Waals surface area contributed by atoms with Gasteiger partial charge in [-0.2, -0.15) is 0 Å². The molecule has 1 atom stereocenters. The summed E-state index contributed by atoms with van der Waals surface area (Å²) in [5, 5.41) is 12.3. The molecule has 1 amide bonds. The van der Waals surface area contributed by atoms with Crippen molar-refractivity contribution in [2.45, 2.75) is 38.8 Å². The molecular formula is C21H26N2O4. The van der Waals surface area contributed by atoms with Crippen LogP contribution in [0.15, 0.2) is 60.7 Å². The van der Waals surface area contributed by atoms with E-state index in [0.717, 1.165) is 11.4 Å². The lowest BCUT2D eigenvalue weighted by Gasteiger charge is -2.35. The van der Waals surface area contributed by atoms with E-state index in [0.29, 0.717) is 0 Å². The highest BCUT2D eigenvalue weighted by atomic mass is 16.6. The second-order valence-corrected chi connectivity index (χ2v) is 7.52. The lowest BCUT2D eigenvalue weighted by atomic mass is 10.0. The van der Waals surface area contributed by atoms with Crippen molar-refractivity contribution in [2.75, 3.05) is 11.4 Å². The third kappa shape index (κ3) is 5.74. The number of amides is 1. The van der Waals surface area contributed by atoms with Crippen LogP contribution in [0, 0.1) is 0 Å². The van der Waals surface area contributed by atoms with Gasteiger partial charge in [0.05, 0.1) is 6.54 Å².